The van der Waals surface area contributed by atoms with E-state index in [-0.39, 0.29) is 12.5 Å². The zero-order valence-corrected chi connectivity index (χ0v) is 22.0. The van der Waals surface area contributed by atoms with E-state index in [1.54, 1.807) is 37.3 Å². The summed E-state index contributed by atoms with van der Waals surface area (Å²) in [5.41, 5.74) is 2.86. The maximum absolute atomic E-state index is 13.6. The third-order valence-electron chi connectivity index (χ3n) is 5.51. The Labute approximate surface area is 208 Å². The van der Waals surface area contributed by atoms with Crippen molar-refractivity contribution in [2.24, 2.45) is 0 Å². The lowest BCUT2D eigenvalue weighted by Gasteiger charge is -2.33. The summed E-state index contributed by atoms with van der Waals surface area (Å²) in [6, 6.07) is 11.7. The molecule has 7 nitrogen and oxygen atoms in total. The Morgan fingerprint density at radius 1 is 1.06 bits per heavy atom. The quantitative estimate of drug-likeness (QED) is 0.497. The van der Waals surface area contributed by atoms with Gasteiger partial charge in [0.05, 0.1) is 11.9 Å². The SMILES string of the molecule is CCCNC(=O)[C@@H](CC)N(Cc1ccc(Cl)cc1)C(=O)CN(c1cc(C)ccc1C)S(C)(=O)=O. The van der Waals surface area contributed by atoms with Crippen LogP contribution >= 0.6 is 11.6 Å². The molecule has 2 amide bonds. The number of anilines is 1. The first-order valence-corrected chi connectivity index (χ1v) is 13.6. The topological polar surface area (TPSA) is 86.8 Å². The number of benzene rings is 2. The molecule has 0 aliphatic carbocycles. The number of rotatable bonds is 11. The van der Waals surface area contributed by atoms with Gasteiger partial charge in [-0.25, -0.2) is 8.42 Å². The van der Waals surface area contributed by atoms with Crippen LogP contribution in [0.1, 0.15) is 43.4 Å². The smallest absolute Gasteiger partial charge is 0.244 e. The molecule has 2 aromatic carbocycles. The lowest BCUT2D eigenvalue weighted by atomic mass is 10.1. The van der Waals surface area contributed by atoms with Crippen molar-refractivity contribution < 1.29 is 18.0 Å². The van der Waals surface area contributed by atoms with Gasteiger partial charge in [-0.05, 0) is 61.6 Å². The number of hydrogen-bond donors (Lipinski definition) is 1. The van der Waals surface area contributed by atoms with Crippen LogP contribution in [0.5, 0.6) is 0 Å². The van der Waals surface area contributed by atoms with Crippen molar-refractivity contribution in [3.05, 3.63) is 64.2 Å². The van der Waals surface area contributed by atoms with Gasteiger partial charge in [0.2, 0.25) is 21.8 Å². The molecule has 2 aromatic rings. The fourth-order valence-electron chi connectivity index (χ4n) is 3.65. The lowest BCUT2D eigenvalue weighted by Crippen LogP contribution is -2.52. The number of nitrogens with zero attached hydrogens (tertiary/aromatic N) is 2. The van der Waals surface area contributed by atoms with E-state index >= 15 is 0 Å². The van der Waals surface area contributed by atoms with Crippen molar-refractivity contribution >= 4 is 39.1 Å². The minimum Gasteiger partial charge on any atom is -0.354 e. The molecule has 0 radical (unpaired) electrons. The highest BCUT2D eigenvalue weighted by molar-refractivity contribution is 7.92. The molecule has 0 saturated heterocycles. The van der Waals surface area contributed by atoms with Gasteiger partial charge in [0.15, 0.2) is 0 Å². The summed E-state index contributed by atoms with van der Waals surface area (Å²) in [6.07, 6.45) is 2.23. The second-order valence-electron chi connectivity index (χ2n) is 8.42. The summed E-state index contributed by atoms with van der Waals surface area (Å²) in [6.45, 7) is 7.69. The molecule has 0 saturated carbocycles. The minimum absolute atomic E-state index is 0.151. The summed E-state index contributed by atoms with van der Waals surface area (Å²) in [7, 11) is -3.76. The number of carbonyl (C=O) groups is 2. The van der Waals surface area contributed by atoms with Crippen molar-refractivity contribution in [3.63, 3.8) is 0 Å². The van der Waals surface area contributed by atoms with Gasteiger partial charge in [-0.3, -0.25) is 13.9 Å². The first-order valence-electron chi connectivity index (χ1n) is 11.3. The largest absolute Gasteiger partial charge is 0.354 e. The second kappa shape index (κ2) is 12.2. The summed E-state index contributed by atoms with van der Waals surface area (Å²) in [5, 5.41) is 3.42. The predicted octanol–water partition coefficient (Wildman–Crippen LogP) is 4.06. The highest BCUT2D eigenvalue weighted by atomic mass is 35.5. The molecule has 0 heterocycles. The molecular weight excluding hydrogens is 474 g/mol. The molecule has 0 unspecified atom stereocenters. The van der Waals surface area contributed by atoms with Crippen molar-refractivity contribution in [1.82, 2.24) is 10.2 Å². The monoisotopic (exact) mass is 507 g/mol. The van der Waals surface area contributed by atoms with Crippen LogP contribution in [0.25, 0.3) is 0 Å². The Bertz CT molecular complexity index is 1100. The van der Waals surface area contributed by atoms with Crippen molar-refractivity contribution in [2.45, 2.75) is 53.1 Å². The fourth-order valence-corrected chi connectivity index (χ4v) is 4.68. The number of aryl methyl sites for hydroxylation is 2. The summed E-state index contributed by atoms with van der Waals surface area (Å²) in [4.78, 5) is 28.0. The van der Waals surface area contributed by atoms with E-state index in [0.717, 1.165) is 33.7 Å². The van der Waals surface area contributed by atoms with Gasteiger partial charge in [0.25, 0.3) is 0 Å². The van der Waals surface area contributed by atoms with E-state index in [4.69, 9.17) is 11.6 Å². The van der Waals surface area contributed by atoms with Crippen LogP contribution in [-0.2, 0) is 26.2 Å². The molecular formula is C25H34ClN3O4S. The van der Waals surface area contributed by atoms with Crippen LogP contribution < -0.4 is 9.62 Å². The lowest BCUT2D eigenvalue weighted by molar-refractivity contribution is -0.140. The zero-order valence-electron chi connectivity index (χ0n) is 20.5. The maximum atomic E-state index is 13.6. The molecule has 0 spiro atoms. The number of halogens is 1. The molecule has 9 heteroatoms. The standard InChI is InChI=1S/C25H34ClN3O4S/c1-6-14-27-25(31)22(7-2)28(16-20-10-12-21(26)13-11-20)24(30)17-29(34(5,32)33)23-15-18(3)8-9-19(23)4/h8-13,15,22H,6-7,14,16-17H2,1-5H3,(H,27,31)/t22-/m1/s1. The summed E-state index contributed by atoms with van der Waals surface area (Å²) >= 11 is 6.00. The first kappa shape index (κ1) is 27.7. The van der Waals surface area contributed by atoms with E-state index in [1.165, 1.54) is 4.90 Å². The highest BCUT2D eigenvalue weighted by Crippen LogP contribution is 2.25. The molecule has 0 aliphatic heterocycles. The number of hydrogen-bond acceptors (Lipinski definition) is 4. The van der Waals surface area contributed by atoms with Crippen molar-refractivity contribution in [3.8, 4) is 0 Å². The average Bonchev–Trinajstić information content (AvgIpc) is 2.78. The van der Waals surface area contributed by atoms with Gasteiger partial charge in [-0.15, -0.1) is 0 Å². The Hall–Kier alpha value is -2.58. The van der Waals surface area contributed by atoms with E-state index < -0.39 is 28.5 Å². The highest BCUT2D eigenvalue weighted by Gasteiger charge is 2.32. The van der Waals surface area contributed by atoms with Crippen molar-refractivity contribution in [1.29, 1.82) is 0 Å². The van der Waals surface area contributed by atoms with Gasteiger partial charge >= 0.3 is 0 Å². The molecule has 34 heavy (non-hydrogen) atoms. The van der Waals surface area contributed by atoms with Gasteiger partial charge in [0, 0.05) is 18.1 Å². The van der Waals surface area contributed by atoms with Gasteiger partial charge in [-0.2, -0.15) is 0 Å². The maximum Gasteiger partial charge on any atom is 0.244 e. The minimum atomic E-state index is -3.76. The average molecular weight is 508 g/mol. The predicted molar refractivity (Wildman–Crippen MR) is 137 cm³/mol. The van der Waals surface area contributed by atoms with E-state index in [2.05, 4.69) is 5.32 Å². The number of carbonyl (C=O) groups excluding carboxylic acids is 2. The number of amides is 2. The molecule has 186 valence electrons. The van der Waals surface area contributed by atoms with E-state index in [0.29, 0.717) is 23.7 Å². The van der Waals surface area contributed by atoms with Crippen LogP contribution in [0.15, 0.2) is 42.5 Å². The molecule has 0 bridgehead atoms. The van der Waals surface area contributed by atoms with E-state index in [9.17, 15) is 18.0 Å². The molecule has 1 atom stereocenters. The first-order chi connectivity index (χ1) is 16.0. The molecule has 0 fully saturated rings. The van der Waals surface area contributed by atoms with Gasteiger partial charge in [-0.1, -0.05) is 49.7 Å². The van der Waals surface area contributed by atoms with Crippen LogP contribution in [0.2, 0.25) is 5.02 Å². The Balaban J connectivity index is 2.45. The van der Waals surface area contributed by atoms with Crippen LogP contribution in [0, 0.1) is 13.8 Å². The van der Waals surface area contributed by atoms with Crippen LogP contribution in [-0.4, -0.2) is 50.5 Å². The summed E-state index contributed by atoms with van der Waals surface area (Å²) < 4.78 is 26.6. The fraction of sp³-hybridized carbons (Fsp3) is 0.440. The van der Waals surface area contributed by atoms with Gasteiger partial charge < -0.3 is 10.2 Å². The van der Waals surface area contributed by atoms with Crippen molar-refractivity contribution in [2.75, 3.05) is 23.7 Å². The number of nitrogens with one attached hydrogen (secondary N) is 1. The molecule has 0 aliphatic rings. The Morgan fingerprint density at radius 2 is 1.71 bits per heavy atom. The Kier molecular flexibility index (Phi) is 9.94. The van der Waals surface area contributed by atoms with E-state index in [1.807, 2.05) is 32.9 Å². The molecule has 0 aromatic heterocycles. The third-order valence-corrected chi connectivity index (χ3v) is 6.89. The summed E-state index contributed by atoms with van der Waals surface area (Å²) in [5.74, 6) is -0.718. The van der Waals surface area contributed by atoms with Crippen LogP contribution in [0.4, 0.5) is 5.69 Å². The second-order valence-corrected chi connectivity index (χ2v) is 10.8. The zero-order chi connectivity index (χ0) is 25.5. The third kappa shape index (κ3) is 7.46. The molecule has 1 N–H and O–H groups in total. The normalized spacial score (nSPS) is 12.2. The number of sulfonamides is 1. The Morgan fingerprint density at radius 3 is 2.26 bits per heavy atom. The molecule has 2 rings (SSSR count). The van der Waals surface area contributed by atoms with Crippen LogP contribution in [0.3, 0.4) is 0 Å². The van der Waals surface area contributed by atoms with Gasteiger partial charge in [0.1, 0.15) is 12.6 Å².